The highest BCUT2D eigenvalue weighted by Gasteiger charge is 2.34. The summed E-state index contributed by atoms with van der Waals surface area (Å²) in [6, 6.07) is 0. The van der Waals surface area contributed by atoms with Gasteiger partial charge in [-0.15, -0.1) is 11.6 Å². The molecule has 1 unspecified atom stereocenters. The lowest BCUT2D eigenvalue weighted by atomic mass is 10.1. The van der Waals surface area contributed by atoms with Gasteiger partial charge in [-0.25, -0.2) is 0 Å². The van der Waals surface area contributed by atoms with Gasteiger partial charge in [-0.2, -0.15) is 0 Å². The Kier molecular flexibility index (Phi) is 0.826. The molecular weight excluding hydrogens is 124 g/mol. The first-order chi connectivity index (χ1) is 3.88. The molecule has 2 rings (SSSR count). The fraction of sp³-hybridized carbons (Fsp3) is 0.667. The van der Waals surface area contributed by atoms with Gasteiger partial charge in [0.1, 0.15) is 5.76 Å². The van der Waals surface area contributed by atoms with Crippen LogP contribution in [0.5, 0.6) is 0 Å². The molecule has 0 N–H and O–H groups in total. The van der Waals surface area contributed by atoms with Crippen molar-refractivity contribution in [3.63, 3.8) is 0 Å². The Morgan fingerprint density at radius 3 is 3.12 bits per heavy atom. The Bertz CT molecular complexity index is 151. The summed E-state index contributed by atoms with van der Waals surface area (Å²) in [5.74, 6) is 2.23. The predicted octanol–water partition coefficient (Wildman–Crippen LogP) is 2.02. The molecule has 0 aromatic carbocycles. The van der Waals surface area contributed by atoms with Crippen LogP contribution < -0.4 is 0 Å². The third-order valence-electron chi connectivity index (χ3n) is 1.61. The van der Waals surface area contributed by atoms with Crippen LogP contribution in [0.25, 0.3) is 0 Å². The Hall–Kier alpha value is -0.170. The summed E-state index contributed by atoms with van der Waals surface area (Å²) in [6.45, 7) is 0. The van der Waals surface area contributed by atoms with E-state index < -0.39 is 0 Å². The molecule has 0 saturated heterocycles. The summed E-state index contributed by atoms with van der Waals surface area (Å²) >= 11 is 5.83. The van der Waals surface area contributed by atoms with Gasteiger partial charge in [0.05, 0.1) is 5.38 Å². The van der Waals surface area contributed by atoms with Crippen molar-refractivity contribution < 1.29 is 4.74 Å². The van der Waals surface area contributed by atoms with Crippen molar-refractivity contribution in [2.24, 2.45) is 0 Å². The molecule has 44 valence electrons. The van der Waals surface area contributed by atoms with E-state index in [1.807, 2.05) is 0 Å². The average molecular weight is 131 g/mol. The van der Waals surface area contributed by atoms with E-state index in [0.717, 1.165) is 24.4 Å². The van der Waals surface area contributed by atoms with Crippen LogP contribution in [0.3, 0.4) is 0 Å². The molecule has 0 aromatic rings. The minimum Gasteiger partial charge on any atom is -0.457 e. The van der Waals surface area contributed by atoms with E-state index >= 15 is 0 Å². The summed E-state index contributed by atoms with van der Waals surface area (Å²) in [5, 5.41) is 0.207. The molecule has 0 radical (unpaired) electrons. The standard InChI is InChI=1S/C6H7ClO/c7-4-2-1-3-5-6(4)8-5/h4H,1-3H2. The molecule has 0 spiro atoms. The number of hydrogen-bond acceptors (Lipinski definition) is 1. The van der Waals surface area contributed by atoms with Crippen LogP contribution in [0, 0.1) is 0 Å². The van der Waals surface area contributed by atoms with Gasteiger partial charge in [-0.3, -0.25) is 0 Å². The first-order valence-electron chi connectivity index (χ1n) is 2.93. The van der Waals surface area contributed by atoms with Gasteiger partial charge in [0, 0.05) is 6.42 Å². The van der Waals surface area contributed by atoms with Gasteiger partial charge in [0.25, 0.3) is 0 Å². The third-order valence-corrected chi connectivity index (χ3v) is 2.03. The predicted molar refractivity (Wildman–Crippen MR) is 31.6 cm³/mol. The zero-order chi connectivity index (χ0) is 5.56. The van der Waals surface area contributed by atoms with Crippen molar-refractivity contribution in [2.75, 3.05) is 0 Å². The number of rotatable bonds is 0. The zero-order valence-corrected chi connectivity index (χ0v) is 5.24. The smallest absolute Gasteiger partial charge is 0.160 e. The topological polar surface area (TPSA) is 12.5 Å². The van der Waals surface area contributed by atoms with E-state index in [2.05, 4.69) is 0 Å². The van der Waals surface area contributed by atoms with E-state index in [4.69, 9.17) is 16.3 Å². The number of hydrogen-bond donors (Lipinski definition) is 0. The molecule has 2 aliphatic rings. The maximum absolute atomic E-state index is 5.83. The van der Waals surface area contributed by atoms with Crippen molar-refractivity contribution >= 4 is 11.6 Å². The number of allylic oxidation sites excluding steroid dienone is 2. The Morgan fingerprint density at radius 2 is 2.50 bits per heavy atom. The maximum Gasteiger partial charge on any atom is 0.160 e. The molecular formula is C6H7ClO. The molecule has 1 aliphatic heterocycles. The minimum absolute atomic E-state index is 0.207. The lowest BCUT2D eigenvalue weighted by Crippen LogP contribution is -1.97. The lowest BCUT2D eigenvalue weighted by molar-refractivity contribution is 0.458. The molecule has 1 nitrogen and oxygen atoms in total. The van der Waals surface area contributed by atoms with Crippen molar-refractivity contribution in [2.45, 2.75) is 24.6 Å². The van der Waals surface area contributed by atoms with Crippen LogP contribution in [-0.2, 0) is 4.74 Å². The second kappa shape index (κ2) is 1.41. The Balaban J connectivity index is 2.17. The van der Waals surface area contributed by atoms with Crippen molar-refractivity contribution in [3.05, 3.63) is 11.5 Å². The summed E-state index contributed by atoms with van der Waals surface area (Å²) in [5.41, 5.74) is 0. The van der Waals surface area contributed by atoms with Crippen LogP contribution in [0.4, 0.5) is 0 Å². The second-order valence-electron chi connectivity index (χ2n) is 2.25. The molecule has 1 heterocycles. The summed E-state index contributed by atoms with van der Waals surface area (Å²) < 4.78 is 5.09. The molecule has 8 heavy (non-hydrogen) atoms. The van der Waals surface area contributed by atoms with E-state index in [1.54, 1.807) is 0 Å². The van der Waals surface area contributed by atoms with Gasteiger partial charge < -0.3 is 4.74 Å². The van der Waals surface area contributed by atoms with Gasteiger partial charge >= 0.3 is 0 Å². The summed E-state index contributed by atoms with van der Waals surface area (Å²) in [4.78, 5) is 0. The first-order valence-corrected chi connectivity index (χ1v) is 3.36. The molecule has 0 saturated carbocycles. The van der Waals surface area contributed by atoms with Gasteiger partial charge in [0.15, 0.2) is 5.76 Å². The van der Waals surface area contributed by atoms with Gasteiger partial charge in [-0.05, 0) is 12.8 Å². The van der Waals surface area contributed by atoms with E-state index in [9.17, 15) is 0 Å². The quantitative estimate of drug-likeness (QED) is 0.457. The monoisotopic (exact) mass is 130 g/mol. The first kappa shape index (κ1) is 4.68. The van der Waals surface area contributed by atoms with Crippen LogP contribution in [0.2, 0.25) is 0 Å². The highest BCUT2D eigenvalue weighted by molar-refractivity contribution is 6.22. The normalized spacial score (nSPS) is 33.9. The van der Waals surface area contributed by atoms with Crippen LogP contribution in [0.15, 0.2) is 11.5 Å². The largest absolute Gasteiger partial charge is 0.457 e. The molecule has 0 aromatic heterocycles. The molecule has 0 bridgehead atoms. The average Bonchev–Trinajstić information content (AvgIpc) is 2.45. The fourth-order valence-corrected chi connectivity index (χ4v) is 1.41. The van der Waals surface area contributed by atoms with E-state index in [0.29, 0.717) is 0 Å². The van der Waals surface area contributed by atoms with Crippen molar-refractivity contribution in [3.8, 4) is 0 Å². The fourth-order valence-electron chi connectivity index (χ4n) is 1.09. The Morgan fingerprint density at radius 1 is 1.62 bits per heavy atom. The lowest BCUT2D eigenvalue weighted by Gasteiger charge is -2.00. The van der Waals surface area contributed by atoms with Crippen LogP contribution in [-0.4, -0.2) is 5.38 Å². The second-order valence-corrected chi connectivity index (χ2v) is 2.78. The number of alkyl halides is 1. The van der Waals surface area contributed by atoms with E-state index in [-0.39, 0.29) is 5.38 Å². The molecule has 0 fully saturated rings. The SMILES string of the molecule is ClC1CCCC2=C1O2. The molecule has 1 atom stereocenters. The van der Waals surface area contributed by atoms with Crippen LogP contribution in [0.1, 0.15) is 19.3 Å². The zero-order valence-electron chi connectivity index (χ0n) is 4.48. The third kappa shape index (κ3) is 0.543. The molecule has 0 amide bonds. The van der Waals surface area contributed by atoms with Crippen molar-refractivity contribution in [1.29, 1.82) is 0 Å². The molecule has 2 heteroatoms. The minimum atomic E-state index is 0.207. The van der Waals surface area contributed by atoms with Gasteiger partial charge in [0.2, 0.25) is 0 Å². The van der Waals surface area contributed by atoms with E-state index in [1.165, 1.54) is 6.42 Å². The van der Waals surface area contributed by atoms with Gasteiger partial charge in [-0.1, -0.05) is 0 Å². The summed E-state index contributed by atoms with van der Waals surface area (Å²) in [7, 11) is 0. The number of halogens is 1. The highest BCUT2D eigenvalue weighted by Crippen LogP contribution is 2.41. The summed E-state index contributed by atoms with van der Waals surface area (Å²) in [6.07, 6.45) is 3.42. The maximum atomic E-state index is 5.83. The number of ether oxygens (including phenoxy) is 1. The highest BCUT2D eigenvalue weighted by atomic mass is 35.5. The van der Waals surface area contributed by atoms with Crippen LogP contribution >= 0.6 is 11.6 Å². The Labute approximate surface area is 53.3 Å². The molecule has 1 aliphatic carbocycles. The van der Waals surface area contributed by atoms with Crippen molar-refractivity contribution in [1.82, 2.24) is 0 Å².